The molecule has 4 heteroatoms. The van der Waals surface area contributed by atoms with E-state index in [2.05, 4.69) is 36.4 Å². The molecular formula is C44H44F2O2. The van der Waals surface area contributed by atoms with Crippen LogP contribution >= 0.6 is 0 Å². The fourth-order valence-electron chi connectivity index (χ4n) is 12.4. The summed E-state index contributed by atoms with van der Waals surface area (Å²) in [7, 11) is 0. The molecule has 8 fully saturated rings. The van der Waals surface area contributed by atoms with Gasteiger partial charge in [0.05, 0.1) is 0 Å². The summed E-state index contributed by atoms with van der Waals surface area (Å²) in [5.74, 6) is 9.40. The van der Waals surface area contributed by atoms with E-state index in [1.54, 1.807) is 12.1 Å². The van der Waals surface area contributed by atoms with Crippen molar-refractivity contribution in [2.24, 2.45) is 47.3 Å². The van der Waals surface area contributed by atoms with Crippen LogP contribution in [0.4, 0.5) is 8.78 Å². The van der Waals surface area contributed by atoms with Crippen LogP contribution in [-0.4, -0.2) is 0 Å². The van der Waals surface area contributed by atoms with Gasteiger partial charge in [0.25, 0.3) is 0 Å². The first-order valence-electron chi connectivity index (χ1n) is 18.6. The topological polar surface area (TPSA) is 18.5 Å². The van der Waals surface area contributed by atoms with E-state index in [-0.39, 0.29) is 11.6 Å². The van der Waals surface area contributed by atoms with E-state index in [9.17, 15) is 8.78 Å². The Morgan fingerprint density at radius 2 is 0.792 bits per heavy atom. The average molecular weight is 643 g/mol. The minimum absolute atomic E-state index is 0.321. The average Bonchev–Trinajstić information content (AvgIpc) is 3.05. The van der Waals surface area contributed by atoms with Gasteiger partial charge >= 0.3 is 0 Å². The molecule has 0 saturated heterocycles. The predicted octanol–water partition coefficient (Wildman–Crippen LogP) is 12.3. The zero-order valence-electron chi connectivity index (χ0n) is 27.5. The summed E-state index contributed by atoms with van der Waals surface area (Å²) >= 11 is 0. The van der Waals surface area contributed by atoms with E-state index in [0.717, 1.165) is 58.5 Å². The summed E-state index contributed by atoms with van der Waals surface area (Å²) in [4.78, 5) is 0. The van der Waals surface area contributed by atoms with Crippen LogP contribution in [0.1, 0.15) is 87.2 Å². The molecule has 0 spiro atoms. The van der Waals surface area contributed by atoms with Crippen LogP contribution in [0.3, 0.4) is 0 Å². The Kier molecular flexibility index (Phi) is 6.99. The zero-order valence-corrected chi connectivity index (χ0v) is 27.5. The third-order valence-electron chi connectivity index (χ3n) is 13.6. The SMILES string of the molecule is Fc1cccc(Oc2ccc(C3C4CC5CC(C4)CC3C5)cc2-c2cc(C3C4CC5CC(C4)CC3C5)ccc2Oc2cccc(F)c2)c1. The lowest BCUT2D eigenvalue weighted by Crippen LogP contribution is -2.43. The van der Waals surface area contributed by atoms with Crippen molar-refractivity contribution in [1.82, 2.24) is 0 Å². The van der Waals surface area contributed by atoms with Crippen molar-refractivity contribution >= 4 is 0 Å². The summed E-state index contributed by atoms with van der Waals surface area (Å²) in [5, 5.41) is 0. The number of ether oxygens (including phenoxy) is 2. The standard InChI is InChI=1S/C44H44F2O2/c45-35-3-1-5-37(23-35)47-41-9-7-29(43-31-13-25-11-26(15-31)16-32(43)14-25)21-39(41)40-22-30(8-10-42(40)48-38-6-2-4-36(46)24-38)44-33-17-27-12-28(19-33)20-34(44)18-27/h1-10,21-28,31-34,43-44H,11-20H2. The van der Waals surface area contributed by atoms with Gasteiger partial charge in [-0.2, -0.15) is 0 Å². The van der Waals surface area contributed by atoms with E-state index in [1.807, 2.05) is 12.1 Å². The summed E-state index contributed by atoms with van der Waals surface area (Å²) < 4.78 is 41.9. The lowest BCUT2D eigenvalue weighted by molar-refractivity contribution is -0.00288. The molecular weight excluding hydrogens is 598 g/mol. The summed E-state index contributed by atoms with van der Waals surface area (Å²) in [6, 6.07) is 26.3. The normalized spacial score (nSPS) is 34.0. The van der Waals surface area contributed by atoms with Gasteiger partial charge in [-0.3, -0.25) is 0 Å². The van der Waals surface area contributed by atoms with Crippen molar-refractivity contribution in [2.45, 2.75) is 76.0 Å². The Hall–Kier alpha value is -3.66. The first kappa shape index (κ1) is 29.3. The Labute approximate surface area is 282 Å². The van der Waals surface area contributed by atoms with Gasteiger partial charge in [0.15, 0.2) is 0 Å². The molecule has 0 amide bonds. The van der Waals surface area contributed by atoms with Crippen LogP contribution < -0.4 is 9.47 Å². The van der Waals surface area contributed by atoms with Gasteiger partial charge in [-0.1, -0.05) is 24.3 Å². The van der Waals surface area contributed by atoms with Crippen molar-refractivity contribution in [3.63, 3.8) is 0 Å². The molecule has 0 atom stereocenters. The van der Waals surface area contributed by atoms with Gasteiger partial charge in [-0.05, 0) is 183 Å². The molecule has 8 bridgehead atoms. The number of benzene rings is 4. The van der Waals surface area contributed by atoms with Crippen molar-refractivity contribution < 1.29 is 18.3 Å². The highest BCUT2D eigenvalue weighted by molar-refractivity contribution is 5.78. The van der Waals surface area contributed by atoms with Crippen LogP contribution in [-0.2, 0) is 0 Å². The maximum absolute atomic E-state index is 14.4. The Morgan fingerprint density at radius 3 is 1.15 bits per heavy atom. The van der Waals surface area contributed by atoms with Crippen LogP contribution in [0, 0.1) is 59.0 Å². The number of rotatable bonds is 7. The van der Waals surface area contributed by atoms with Gasteiger partial charge in [-0.25, -0.2) is 8.78 Å². The molecule has 12 rings (SSSR count). The van der Waals surface area contributed by atoms with E-state index in [0.29, 0.717) is 34.8 Å². The van der Waals surface area contributed by atoms with Gasteiger partial charge in [0, 0.05) is 23.3 Å². The van der Waals surface area contributed by atoms with E-state index < -0.39 is 0 Å². The van der Waals surface area contributed by atoms with Crippen molar-refractivity contribution in [3.8, 4) is 34.1 Å². The third-order valence-corrected chi connectivity index (χ3v) is 13.6. The van der Waals surface area contributed by atoms with Crippen LogP contribution in [0.15, 0.2) is 84.9 Å². The van der Waals surface area contributed by atoms with Gasteiger partial charge < -0.3 is 9.47 Å². The smallest absolute Gasteiger partial charge is 0.135 e. The van der Waals surface area contributed by atoms with E-state index >= 15 is 0 Å². The minimum atomic E-state index is -0.321. The van der Waals surface area contributed by atoms with Crippen molar-refractivity contribution in [2.75, 3.05) is 0 Å². The van der Waals surface area contributed by atoms with Crippen molar-refractivity contribution in [3.05, 3.63) is 108 Å². The number of hydrogen-bond donors (Lipinski definition) is 0. The monoisotopic (exact) mass is 642 g/mol. The summed E-state index contributed by atoms with van der Waals surface area (Å²) in [6.07, 6.45) is 13.7. The Morgan fingerprint density at radius 1 is 0.417 bits per heavy atom. The van der Waals surface area contributed by atoms with Crippen LogP contribution in [0.25, 0.3) is 11.1 Å². The molecule has 8 aliphatic carbocycles. The highest BCUT2D eigenvalue weighted by atomic mass is 19.1. The molecule has 0 unspecified atom stereocenters. The molecule has 4 aromatic rings. The fraction of sp³-hybridized carbons (Fsp3) is 0.455. The fourth-order valence-corrected chi connectivity index (χ4v) is 12.4. The molecule has 0 aromatic heterocycles. The molecule has 0 heterocycles. The number of halogens is 2. The molecule has 2 nitrogen and oxygen atoms in total. The van der Waals surface area contributed by atoms with Gasteiger partial charge in [0.1, 0.15) is 34.6 Å². The van der Waals surface area contributed by atoms with Gasteiger partial charge in [-0.15, -0.1) is 0 Å². The lowest BCUT2D eigenvalue weighted by Gasteiger charge is -2.55. The second-order valence-electron chi connectivity index (χ2n) is 16.5. The van der Waals surface area contributed by atoms with Gasteiger partial charge in [0.2, 0.25) is 0 Å². The minimum Gasteiger partial charge on any atom is -0.457 e. The molecule has 48 heavy (non-hydrogen) atoms. The summed E-state index contributed by atoms with van der Waals surface area (Å²) in [6.45, 7) is 0. The lowest BCUT2D eigenvalue weighted by atomic mass is 9.50. The third kappa shape index (κ3) is 5.17. The molecule has 8 aliphatic rings. The maximum atomic E-state index is 14.4. The molecule has 8 saturated carbocycles. The highest BCUT2D eigenvalue weighted by Crippen LogP contribution is 2.62. The van der Waals surface area contributed by atoms with Crippen LogP contribution in [0.2, 0.25) is 0 Å². The molecule has 0 radical (unpaired) electrons. The molecule has 4 aromatic carbocycles. The molecule has 0 aliphatic heterocycles. The molecule has 246 valence electrons. The first-order valence-corrected chi connectivity index (χ1v) is 18.6. The van der Waals surface area contributed by atoms with Crippen LogP contribution in [0.5, 0.6) is 23.0 Å². The Bertz CT molecular complexity index is 1670. The first-order chi connectivity index (χ1) is 23.5. The van der Waals surface area contributed by atoms with Crippen molar-refractivity contribution in [1.29, 1.82) is 0 Å². The Balaban J connectivity index is 1.11. The molecule has 0 N–H and O–H groups in total. The second-order valence-corrected chi connectivity index (χ2v) is 16.5. The largest absolute Gasteiger partial charge is 0.457 e. The second kappa shape index (κ2) is 11.5. The highest BCUT2D eigenvalue weighted by Gasteiger charge is 2.50. The zero-order chi connectivity index (χ0) is 31.9. The predicted molar refractivity (Wildman–Crippen MR) is 184 cm³/mol. The van der Waals surface area contributed by atoms with E-state index in [4.69, 9.17) is 9.47 Å². The van der Waals surface area contributed by atoms with E-state index in [1.165, 1.54) is 99.6 Å². The number of hydrogen-bond acceptors (Lipinski definition) is 2. The maximum Gasteiger partial charge on any atom is 0.135 e. The quantitative estimate of drug-likeness (QED) is 0.200. The summed E-state index contributed by atoms with van der Waals surface area (Å²) in [5.41, 5.74) is 4.73.